The topological polar surface area (TPSA) is 60.2 Å². The molecule has 2 aromatic rings. The van der Waals surface area contributed by atoms with Gasteiger partial charge in [-0.3, -0.25) is 0 Å². The predicted molar refractivity (Wildman–Crippen MR) is 76.6 cm³/mol. The van der Waals surface area contributed by atoms with Crippen molar-refractivity contribution in [1.29, 1.82) is 0 Å². The molecule has 0 fully saturated rings. The second-order valence-corrected chi connectivity index (χ2v) is 6.76. The molecule has 0 aliphatic heterocycles. The summed E-state index contributed by atoms with van der Waals surface area (Å²) in [6.07, 6.45) is 1.52. The average Bonchev–Trinajstić information content (AvgIpc) is 2.40. The Kier molecular flexibility index (Phi) is 4.20. The lowest BCUT2D eigenvalue weighted by Gasteiger charge is -2.13. The molecule has 0 radical (unpaired) electrons. The van der Waals surface area contributed by atoms with Crippen LogP contribution in [0.1, 0.15) is 17.2 Å². The molecule has 2 rings (SSSR count). The van der Waals surface area contributed by atoms with Crippen LogP contribution in [0, 0.1) is 5.82 Å². The maximum atomic E-state index is 13.6. The molecule has 0 saturated heterocycles. The van der Waals surface area contributed by atoms with Crippen LogP contribution in [0.15, 0.2) is 53.4 Å². The van der Waals surface area contributed by atoms with Crippen molar-refractivity contribution in [1.82, 2.24) is 0 Å². The van der Waals surface area contributed by atoms with Crippen molar-refractivity contribution in [3.05, 3.63) is 65.5 Å². The molecule has 0 spiro atoms. The summed E-state index contributed by atoms with van der Waals surface area (Å²) in [5.41, 5.74) is 7.37. The zero-order valence-corrected chi connectivity index (χ0v) is 11.9. The molecule has 0 heterocycles. The third-order valence-electron chi connectivity index (χ3n) is 3.13. The molecule has 20 heavy (non-hydrogen) atoms. The van der Waals surface area contributed by atoms with Crippen molar-refractivity contribution in [2.75, 3.05) is 6.26 Å². The van der Waals surface area contributed by atoms with Crippen molar-refractivity contribution in [3.8, 4) is 0 Å². The normalized spacial score (nSPS) is 13.2. The van der Waals surface area contributed by atoms with E-state index >= 15 is 0 Å². The van der Waals surface area contributed by atoms with E-state index in [1.54, 1.807) is 30.3 Å². The van der Waals surface area contributed by atoms with Gasteiger partial charge in [-0.2, -0.15) is 0 Å². The van der Waals surface area contributed by atoms with Crippen molar-refractivity contribution < 1.29 is 12.8 Å². The van der Waals surface area contributed by atoms with Crippen LogP contribution in [-0.4, -0.2) is 14.7 Å². The van der Waals surface area contributed by atoms with E-state index in [2.05, 4.69) is 0 Å². The van der Waals surface area contributed by atoms with Gasteiger partial charge in [0.2, 0.25) is 0 Å². The van der Waals surface area contributed by atoms with Gasteiger partial charge in [-0.15, -0.1) is 0 Å². The second-order valence-electron chi connectivity index (χ2n) is 4.74. The number of hydrogen-bond donors (Lipinski definition) is 1. The van der Waals surface area contributed by atoms with Crippen LogP contribution in [0.25, 0.3) is 0 Å². The lowest BCUT2D eigenvalue weighted by Crippen LogP contribution is -2.14. The summed E-state index contributed by atoms with van der Waals surface area (Å²) in [5.74, 6) is -0.282. The smallest absolute Gasteiger partial charge is 0.175 e. The van der Waals surface area contributed by atoms with Gasteiger partial charge in [0.1, 0.15) is 5.82 Å². The Morgan fingerprint density at radius 3 is 2.25 bits per heavy atom. The van der Waals surface area contributed by atoms with E-state index in [0.717, 1.165) is 11.8 Å². The summed E-state index contributed by atoms with van der Waals surface area (Å²) in [6.45, 7) is 0. The van der Waals surface area contributed by atoms with Gasteiger partial charge in [-0.1, -0.05) is 30.3 Å². The highest BCUT2D eigenvalue weighted by Crippen LogP contribution is 2.19. The molecule has 1 atom stereocenters. The van der Waals surface area contributed by atoms with E-state index in [1.807, 2.05) is 0 Å². The summed E-state index contributed by atoms with van der Waals surface area (Å²) in [7, 11) is -3.21. The van der Waals surface area contributed by atoms with Gasteiger partial charge in [0.15, 0.2) is 9.84 Å². The first-order valence-electron chi connectivity index (χ1n) is 6.17. The molecule has 0 bridgehead atoms. The van der Waals surface area contributed by atoms with Crippen molar-refractivity contribution in [2.45, 2.75) is 17.4 Å². The highest BCUT2D eigenvalue weighted by Gasteiger charge is 2.12. The number of benzene rings is 2. The zero-order chi connectivity index (χ0) is 14.8. The average molecular weight is 293 g/mol. The van der Waals surface area contributed by atoms with Crippen LogP contribution in [0.3, 0.4) is 0 Å². The fourth-order valence-corrected chi connectivity index (χ4v) is 2.61. The monoisotopic (exact) mass is 293 g/mol. The third-order valence-corrected chi connectivity index (χ3v) is 4.26. The Labute approximate surface area is 118 Å². The fraction of sp³-hybridized carbons (Fsp3) is 0.200. The molecular formula is C15H16FNO2S. The molecule has 0 aliphatic rings. The first-order valence-corrected chi connectivity index (χ1v) is 8.06. The number of halogens is 1. The maximum absolute atomic E-state index is 13.6. The summed E-state index contributed by atoms with van der Waals surface area (Å²) < 4.78 is 36.3. The Bertz CT molecular complexity index is 696. The van der Waals surface area contributed by atoms with Gasteiger partial charge in [-0.05, 0) is 35.7 Å². The minimum absolute atomic E-state index is 0.249. The SMILES string of the molecule is CS(=O)(=O)c1ccc(C(N)Cc2ccccc2F)cc1. The Balaban J connectivity index is 2.18. The Morgan fingerprint density at radius 1 is 1.10 bits per heavy atom. The van der Waals surface area contributed by atoms with Crippen molar-refractivity contribution in [3.63, 3.8) is 0 Å². The molecule has 3 nitrogen and oxygen atoms in total. The van der Waals surface area contributed by atoms with E-state index in [-0.39, 0.29) is 16.8 Å². The molecule has 0 amide bonds. The van der Waals surface area contributed by atoms with Crippen LogP contribution in [-0.2, 0) is 16.3 Å². The van der Waals surface area contributed by atoms with Gasteiger partial charge < -0.3 is 5.73 Å². The predicted octanol–water partition coefficient (Wildman–Crippen LogP) is 2.47. The molecule has 2 N–H and O–H groups in total. The minimum atomic E-state index is -3.21. The van der Waals surface area contributed by atoms with Crippen molar-refractivity contribution in [2.24, 2.45) is 5.73 Å². The number of sulfone groups is 1. The Hall–Kier alpha value is -1.72. The molecule has 1 unspecified atom stereocenters. The summed E-state index contributed by atoms with van der Waals surface area (Å²) in [6, 6.07) is 12.5. The lowest BCUT2D eigenvalue weighted by molar-refractivity contribution is 0.593. The standard InChI is InChI=1S/C15H16FNO2S/c1-20(18,19)13-8-6-11(7-9-13)15(17)10-12-4-2-3-5-14(12)16/h2-9,15H,10,17H2,1H3. The minimum Gasteiger partial charge on any atom is -0.324 e. The van der Waals surface area contributed by atoms with Crippen LogP contribution in [0.2, 0.25) is 0 Å². The van der Waals surface area contributed by atoms with Crippen LogP contribution >= 0.6 is 0 Å². The van der Waals surface area contributed by atoms with E-state index in [0.29, 0.717) is 12.0 Å². The summed E-state index contributed by atoms with van der Waals surface area (Å²) >= 11 is 0. The first-order chi connectivity index (χ1) is 9.38. The van der Waals surface area contributed by atoms with E-state index in [4.69, 9.17) is 5.73 Å². The van der Waals surface area contributed by atoms with Gasteiger partial charge >= 0.3 is 0 Å². The van der Waals surface area contributed by atoms with E-state index < -0.39 is 9.84 Å². The zero-order valence-electron chi connectivity index (χ0n) is 11.1. The summed E-state index contributed by atoms with van der Waals surface area (Å²) in [5, 5.41) is 0. The fourth-order valence-electron chi connectivity index (χ4n) is 1.98. The lowest BCUT2D eigenvalue weighted by atomic mass is 9.99. The van der Waals surface area contributed by atoms with Gasteiger partial charge in [0.05, 0.1) is 4.90 Å². The Morgan fingerprint density at radius 2 is 1.70 bits per heavy atom. The molecular weight excluding hydrogens is 277 g/mol. The van der Waals surface area contributed by atoms with E-state index in [1.165, 1.54) is 18.2 Å². The van der Waals surface area contributed by atoms with Crippen LogP contribution in [0.5, 0.6) is 0 Å². The first kappa shape index (κ1) is 14.7. The highest BCUT2D eigenvalue weighted by molar-refractivity contribution is 7.90. The van der Waals surface area contributed by atoms with Gasteiger partial charge in [0.25, 0.3) is 0 Å². The van der Waals surface area contributed by atoms with Gasteiger partial charge in [-0.25, -0.2) is 12.8 Å². The maximum Gasteiger partial charge on any atom is 0.175 e. The second kappa shape index (κ2) is 5.73. The van der Waals surface area contributed by atoms with Gasteiger partial charge in [0, 0.05) is 12.3 Å². The summed E-state index contributed by atoms with van der Waals surface area (Å²) in [4.78, 5) is 0.249. The van der Waals surface area contributed by atoms with E-state index in [9.17, 15) is 12.8 Å². The molecule has 2 aromatic carbocycles. The molecule has 0 aromatic heterocycles. The third kappa shape index (κ3) is 3.43. The molecule has 0 saturated carbocycles. The van der Waals surface area contributed by atoms with Crippen molar-refractivity contribution >= 4 is 9.84 Å². The number of nitrogens with two attached hydrogens (primary N) is 1. The quantitative estimate of drug-likeness (QED) is 0.942. The number of hydrogen-bond acceptors (Lipinski definition) is 3. The number of rotatable bonds is 4. The molecule has 0 aliphatic carbocycles. The van der Waals surface area contributed by atoms with Crippen LogP contribution < -0.4 is 5.73 Å². The molecule has 106 valence electrons. The highest BCUT2D eigenvalue weighted by atomic mass is 32.2. The largest absolute Gasteiger partial charge is 0.324 e. The molecule has 5 heteroatoms. The van der Waals surface area contributed by atoms with Crippen LogP contribution in [0.4, 0.5) is 4.39 Å².